The maximum atomic E-state index is 11.0. The molecule has 0 fully saturated rings. The fourth-order valence-electron chi connectivity index (χ4n) is 1.83. The monoisotopic (exact) mass is 272 g/mol. The highest BCUT2D eigenvalue weighted by molar-refractivity contribution is 5.59. The molecule has 0 aliphatic rings. The van der Waals surface area contributed by atoms with E-state index in [2.05, 4.69) is 10.4 Å². The van der Waals surface area contributed by atoms with Crippen molar-refractivity contribution in [2.45, 2.75) is 32.9 Å². The van der Waals surface area contributed by atoms with Gasteiger partial charge in [-0.05, 0) is 20.3 Å². The maximum absolute atomic E-state index is 11.0. The lowest BCUT2D eigenvalue weighted by Gasteiger charge is -2.11. The van der Waals surface area contributed by atoms with Gasteiger partial charge in [-0.15, -0.1) is 0 Å². The van der Waals surface area contributed by atoms with Crippen molar-refractivity contribution in [2.24, 2.45) is 0 Å². The fraction of sp³-hybridized carbons (Fsp3) is 0.727. The van der Waals surface area contributed by atoms with Gasteiger partial charge in [-0.2, -0.15) is 5.10 Å². The molecule has 108 valence electrons. The number of aliphatic hydroxyl groups excluding tert-OH is 1. The van der Waals surface area contributed by atoms with Crippen molar-refractivity contribution in [3.8, 4) is 0 Å². The van der Waals surface area contributed by atoms with Crippen LogP contribution >= 0.6 is 0 Å². The molecule has 0 aliphatic heterocycles. The van der Waals surface area contributed by atoms with Gasteiger partial charge in [0.15, 0.2) is 0 Å². The van der Waals surface area contributed by atoms with Gasteiger partial charge in [0.05, 0.1) is 17.6 Å². The summed E-state index contributed by atoms with van der Waals surface area (Å²) in [7, 11) is 1.51. The van der Waals surface area contributed by atoms with Crippen LogP contribution in [0, 0.1) is 17.0 Å². The zero-order valence-corrected chi connectivity index (χ0v) is 11.4. The van der Waals surface area contributed by atoms with Crippen molar-refractivity contribution >= 4 is 11.5 Å². The molecule has 1 aromatic rings. The Kier molecular flexibility index (Phi) is 5.71. The second kappa shape index (κ2) is 7.05. The molecule has 0 spiro atoms. The number of hydrogen-bond acceptors (Lipinski definition) is 6. The lowest BCUT2D eigenvalue weighted by molar-refractivity contribution is -0.384. The van der Waals surface area contributed by atoms with Crippen LogP contribution in [0.1, 0.15) is 19.0 Å². The fourth-order valence-corrected chi connectivity index (χ4v) is 1.83. The highest BCUT2D eigenvalue weighted by Crippen LogP contribution is 2.27. The van der Waals surface area contributed by atoms with E-state index < -0.39 is 11.0 Å². The number of rotatable bonds is 8. The second-order valence-corrected chi connectivity index (χ2v) is 4.18. The third-order valence-electron chi connectivity index (χ3n) is 2.71. The Morgan fingerprint density at radius 2 is 2.32 bits per heavy atom. The van der Waals surface area contributed by atoms with Crippen molar-refractivity contribution in [1.29, 1.82) is 0 Å². The lowest BCUT2D eigenvalue weighted by Crippen LogP contribution is -2.19. The first-order chi connectivity index (χ1) is 9.01. The molecule has 1 aromatic heterocycles. The number of hydrogen-bond donors (Lipinski definition) is 2. The van der Waals surface area contributed by atoms with Crippen LogP contribution in [0.2, 0.25) is 0 Å². The molecule has 1 rings (SSSR count). The number of aromatic nitrogens is 2. The summed E-state index contributed by atoms with van der Waals surface area (Å²) >= 11 is 0. The average molecular weight is 272 g/mol. The molecule has 1 atom stereocenters. The van der Waals surface area contributed by atoms with Gasteiger partial charge >= 0.3 is 5.69 Å². The van der Waals surface area contributed by atoms with Gasteiger partial charge in [-0.1, -0.05) is 0 Å². The first-order valence-electron chi connectivity index (χ1n) is 6.13. The van der Waals surface area contributed by atoms with Crippen LogP contribution in [0.5, 0.6) is 0 Å². The smallest absolute Gasteiger partial charge is 0.333 e. The molecule has 0 saturated carbocycles. The quantitative estimate of drug-likeness (QED) is 0.539. The summed E-state index contributed by atoms with van der Waals surface area (Å²) in [6.45, 7) is 4.67. The average Bonchev–Trinajstić information content (AvgIpc) is 2.66. The third-order valence-corrected chi connectivity index (χ3v) is 2.71. The number of ether oxygens (including phenoxy) is 1. The van der Waals surface area contributed by atoms with Crippen LogP contribution in [0.25, 0.3) is 0 Å². The Balaban J connectivity index is 2.73. The number of anilines is 1. The van der Waals surface area contributed by atoms with Gasteiger partial charge in [0.25, 0.3) is 0 Å². The Morgan fingerprint density at radius 1 is 1.63 bits per heavy atom. The highest BCUT2D eigenvalue weighted by atomic mass is 16.6. The molecule has 0 aliphatic carbocycles. The van der Waals surface area contributed by atoms with Crippen molar-refractivity contribution in [1.82, 2.24) is 9.78 Å². The van der Waals surface area contributed by atoms with E-state index in [1.807, 2.05) is 6.92 Å². The molecule has 19 heavy (non-hydrogen) atoms. The second-order valence-electron chi connectivity index (χ2n) is 4.18. The van der Waals surface area contributed by atoms with Gasteiger partial charge < -0.3 is 15.2 Å². The number of nitrogens with zero attached hydrogens (tertiary/aromatic N) is 3. The Hall–Kier alpha value is -1.67. The topological polar surface area (TPSA) is 102 Å². The van der Waals surface area contributed by atoms with E-state index in [0.717, 1.165) is 0 Å². The van der Waals surface area contributed by atoms with Crippen LogP contribution in [-0.4, -0.2) is 46.2 Å². The number of aliphatic hydroxyl groups is 1. The van der Waals surface area contributed by atoms with Crippen LogP contribution < -0.4 is 5.32 Å². The minimum atomic E-state index is -0.587. The van der Waals surface area contributed by atoms with E-state index in [1.165, 1.54) is 7.11 Å². The first kappa shape index (κ1) is 15.4. The van der Waals surface area contributed by atoms with E-state index in [-0.39, 0.29) is 12.3 Å². The van der Waals surface area contributed by atoms with E-state index in [4.69, 9.17) is 4.74 Å². The minimum Gasteiger partial charge on any atom is -0.391 e. The van der Waals surface area contributed by atoms with Gasteiger partial charge in [0.1, 0.15) is 5.69 Å². The predicted molar refractivity (Wildman–Crippen MR) is 70.3 cm³/mol. The van der Waals surface area contributed by atoms with Crippen molar-refractivity contribution in [2.75, 3.05) is 25.6 Å². The van der Waals surface area contributed by atoms with E-state index >= 15 is 0 Å². The van der Waals surface area contributed by atoms with Crippen molar-refractivity contribution in [3.63, 3.8) is 0 Å². The van der Waals surface area contributed by atoms with Crippen LogP contribution in [0.4, 0.5) is 11.5 Å². The lowest BCUT2D eigenvalue weighted by atomic mass is 10.2. The van der Waals surface area contributed by atoms with Gasteiger partial charge in [-0.3, -0.25) is 10.1 Å². The van der Waals surface area contributed by atoms with Crippen LogP contribution in [0.15, 0.2) is 0 Å². The molecular weight excluding hydrogens is 252 g/mol. The van der Waals surface area contributed by atoms with E-state index in [0.29, 0.717) is 31.0 Å². The third kappa shape index (κ3) is 3.90. The molecule has 0 bridgehead atoms. The SMILES string of the molecule is CCn1nc(C)c([N+](=O)[O-])c1NCCC(O)COC. The van der Waals surface area contributed by atoms with Crippen LogP contribution in [-0.2, 0) is 11.3 Å². The zero-order chi connectivity index (χ0) is 14.4. The molecular formula is C11H20N4O4. The number of aryl methyl sites for hydroxylation is 2. The first-order valence-corrected chi connectivity index (χ1v) is 6.13. The van der Waals surface area contributed by atoms with E-state index in [9.17, 15) is 15.2 Å². The summed E-state index contributed by atoms with van der Waals surface area (Å²) in [5, 5.41) is 27.6. The van der Waals surface area contributed by atoms with Gasteiger partial charge in [0.2, 0.25) is 5.82 Å². The maximum Gasteiger partial charge on any atom is 0.333 e. The Morgan fingerprint density at radius 3 is 2.84 bits per heavy atom. The van der Waals surface area contributed by atoms with Gasteiger partial charge in [-0.25, -0.2) is 4.68 Å². The van der Waals surface area contributed by atoms with Gasteiger partial charge in [0, 0.05) is 20.2 Å². The normalized spacial score (nSPS) is 12.4. The molecule has 0 saturated heterocycles. The molecule has 0 amide bonds. The number of nitrogens with one attached hydrogen (secondary N) is 1. The number of methoxy groups -OCH3 is 1. The van der Waals surface area contributed by atoms with Crippen molar-refractivity contribution < 1.29 is 14.8 Å². The molecule has 1 unspecified atom stereocenters. The molecule has 8 heteroatoms. The summed E-state index contributed by atoms with van der Waals surface area (Å²) < 4.78 is 6.37. The zero-order valence-electron chi connectivity index (χ0n) is 11.4. The number of nitro groups is 1. The molecule has 8 nitrogen and oxygen atoms in total. The molecule has 2 N–H and O–H groups in total. The summed E-state index contributed by atoms with van der Waals surface area (Å²) in [6.07, 6.45) is -0.144. The molecule has 1 heterocycles. The van der Waals surface area contributed by atoms with E-state index in [1.54, 1.807) is 11.6 Å². The predicted octanol–water partition coefficient (Wildman–Crippen LogP) is 0.929. The van der Waals surface area contributed by atoms with Crippen molar-refractivity contribution in [3.05, 3.63) is 15.8 Å². The Bertz CT molecular complexity index is 433. The molecule has 0 aromatic carbocycles. The summed E-state index contributed by atoms with van der Waals surface area (Å²) in [4.78, 5) is 10.6. The highest BCUT2D eigenvalue weighted by Gasteiger charge is 2.24. The summed E-state index contributed by atoms with van der Waals surface area (Å²) in [6, 6.07) is 0. The summed E-state index contributed by atoms with van der Waals surface area (Å²) in [5.41, 5.74) is 0.370. The minimum absolute atomic E-state index is 0.0110. The standard InChI is InChI=1S/C11H20N4O4/c1-4-14-11(10(15(17)18)8(2)13-14)12-6-5-9(16)7-19-3/h9,12,16H,4-7H2,1-3H3. The molecule has 0 radical (unpaired) electrons. The summed E-state index contributed by atoms with van der Waals surface area (Å²) in [5.74, 6) is 0.384. The Labute approximate surface area is 111 Å². The van der Waals surface area contributed by atoms with Crippen LogP contribution in [0.3, 0.4) is 0 Å². The largest absolute Gasteiger partial charge is 0.391 e.